The third-order valence-electron chi connectivity index (χ3n) is 4.50. The molecule has 3 heteroatoms. The van der Waals surface area contributed by atoms with Crippen LogP contribution >= 0.6 is 0 Å². The molecule has 14 heavy (non-hydrogen) atoms. The van der Waals surface area contributed by atoms with E-state index in [-0.39, 0.29) is 17.8 Å². The van der Waals surface area contributed by atoms with Gasteiger partial charge in [-0.1, -0.05) is 13.8 Å². The normalized spacial score (nSPS) is 44.2. The molecule has 3 nitrogen and oxygen atoms in total. The third-order valence-corrected chi connectivity index (χ3v) is 4.50. The highest BCUT2D eigenvalue weighted by Crippen LogP contribution is 2.63. The van der Waals surface area contributed by atoms with Crippen LogP contribution in [-0.2, 0) is 4.79 Å². The maximum Gasteiger partial charge on any atom is 0.306 e. The van der Waals surface area contributed by atoms with E-state index in [4.69, 9.17) is 5.11 Å². The lowest BCUT2D eigenvalue weighted by molar-refractivity contribution is -0.208. The minimum absolute atomic E-state index is 0.0895. The Labute approximate surface area is 84.1 Å². The van der Waals surface area contributed by atoms with Crippen molar-refractivity contribution in [3.8, 4) is 0 Å². The number of aliphatic hydroxyl groups is 1. The Morgan fingerprint density at radius 1 is 1.50 bits per heavy atom. The first-order chi connectivity index (χ1) is 6.36. The second kappa shape index (κ2) is 2.72. The monoisotopic (exact) mass is 198 g/mol. The van der Waals surface area contributed by atoms with E-state index in [2.05, 4.69) is 13.8 Å². The van der Waals surface area contributed by atoms with Gasteiger partial charge in [-0.15, -0.1) is 0 Å². The molecule has 0 aromatic carbocycles. The predicted octanol–water partition coefficient (Wildman–Crippen LogP) is 1.65. The summed E-state index contributed by atoms with van der Waals surface area (Å²) < 4.78 is 0. The van der Waals surface area contributed by atoms with Crippen LogP contribution in [0.5, 0.6) is 0 Å². The van der Waals surface area contributed by atoms with Crippen molar-refractivity contribution in [3.63, 3.8) is 0 Å². The number of carboxylic acid groups (broad SMARTS) is 1. The molecule has 0 aromatic rings. The molecule has 80 valence electrons. The summed E-state index contributed by atoms with van der Waals surface area (Å²) in [4.78, 5) is 10.7. The first kappa shape index (κ1) is 9.97. The Hall–Kier alpha value is -0.570. The molecule has 0 heterocycles. The van der Waals surface area contributed by atoms with E-state index in [0.29, 0.717) is 12.3 Å². The molecule has 3 rings (SSSR count). The van der Waals surface area contributed by atoms with Crippen molar-refractivity contribution in [2.24, 2.45) is 17.3 Å². The zero-order chi connectivity index (χ0) is 10.6. The van der Waals surface area contributed by atoms with Gasteiger partial charge in [-0.25, -0.2) is 0 Å². The predicted molar refractivity (Wildman–Crippen MR) is 51.8 cm³/mol. The average Bonchev–Trinajstić information content (AvgIpc) is 2.00. The number of aliphatic carboxylic acids is 1. The maximum atomic E-state index is 10.7. The zero-order valence-electron chi connectivity index (χ0n) is 8.79. The molecule has 0 aromatic heterocycles. The highest BCUT2D eigenvalue weighted by atomic mass is 16.4. The summed E-state index contributed by atoms with van der Waals surface area (Å²) in [5.74, 6) is 0.0000647. The van der Waals surface area contributed by atoms with Crippen molar-refractivity contribution in [2.75, 3.05) is 0 Å². The molecule has 3 fully saturated rings. The molecule has 0 unspecified atom stereocenters. The lowest BCUT2D eigenvalue weighted by Crippen LogP contribution is -2.61. The lowest BCUT2D eigenvalue weighted by Gasteiger charge is -2.63. The van der Waals surface area contributed by atoms with Crippen LogP contribution < -0.4 is 0 Å². The molecule has 3 aliphatic carbocycles. The molecule has 0 spiro atoms. The second-order valence-corrected chi connectivity index (χ2v) is 5.52. The Balaban J connectivity index is 2.17. The smallest absolute Gasteiger partial charge is 0.306 e. The summed E-state index contributed by atoms with van der Waals surface area (Å²) in [6.45, 7) is 4.30. The van der Waals surface area contributed by atoms with Crippen molar-refractivity contribution >= 4 is 5.97 Å². The van der Waals surface area contributed by atoms with Crippen LogP contribution in [0.1, 0.15) is 39.5 Å². The summed E-state index contributed by atoms with van der Waals surface area (Å²) in [5, 5.41) is 19.1. The van der Waals surface area contributed by atoms with Crippen LogP contribution in [0.15, 0.2) is 0 Å². The largest absolute Gasteiger partial charge is 0.481 e. The average molecular weight is 198 g/mol. The fourth-order valence-electron chi connectivity index (χ4n) is 3.49. The van der Waals surface area contributed by atoms with Crippen LogP contribution in [0.2, 0.25) is 0 Å². The van der Waals surface area contributed by atoms with Gasteiger partial charge in [0.1, 0.15) is 0 Å². The lowest BCUT2D eigenvalue weighted by atomic mass is 9.43. The molecule has 2 N–H and O–H groups in total. The van der Waals surface area contributed by atoms with E-state index in [1.807, 2.05) is 0 Å². The van der Waals surface area contributed by atoms with Crippen LogP contribution in [0.3, 0.4) is 0 Å². The first-order valence-corrected chi connectivity index (χ1v) is 5.30. The van der Waals surface area contributed by atoms with Gasteiger partial charge in [0.15, 0.2) is 0 Å². The number of rotatable bonds is 2. The van der Waals surface area contributed by atoms with Gasteiger partial charge >= 0.3 is 5.97 Å². The second-order valence-electron chi connectivity index (χ2n) is 5.52. The minimum Gasteiger partial charge on any atom is -0.481 e. The van der Waals surface area contributed by atoms with Gasteiger partial charge in [0.2, 0.25) is 0 Å². The van der Waals surface area contributed by atoms with Crippen molar-refractivity contribution in [1.82, 2.24) is 0 Å². The Morgan fingerprint density at radius 3 is 2.57 bits per heavy atom. The molecule has 3 saturated carbocycles. The number of carbonyl (C=O) groups is 1. The van der Waals surface area contributed by atoms with Gasteiger partial charge in [-0.3, -0.25) is 4.79 Å². The van der Waals surface area contributed by atoms with Crippen LogP contribution in [0.25, 0.3) is 0 Å². The molecule has 3 atom stereocenters. The van der Waals surface area contributed by atoms with Gasteiger partial charge in [0, 0.05) is 0 Å². The van der Waals surface area contributed by atoms with E-state index in [9.17, 15) is 9.90 Å². The number of carboxylic acids is 1. The standard InChI is InChI=1S/C11H18O3/c1-10(2)7-3-4-11(14,6-9(12)13)8(10)5-7/h7-8,14H,3-6H2,1-2H3,(H,12,13)/t7-,8+,11-/m0/s1. The van der Waals surface area contributed by atoms with Gasteiger partial charge in [0.25, 0.3) is 0 Å². The first-order valence-electron chi connectivity index (χ1n) is 5.30. The van der Waals surface area contributed by atoms with E-state index in [1.165, 1.54) is 0 Å². The zero-order valence-corrected chi connectivity index (χ0v) is 8.79. The molecule has 0 radical (unpaired) electrons. The highest BCUT2D eigenvalue weighted by Gasteiger charge is 2.60. The van der Waals surface area contributed by atoms with Gasteiger partial charge in [-0.05, 0) is 36.5 Å². The van der Waals surface area contributed by atoms with E-state index in [0.717, 1.165) is 12.8 Å². The summed E-state index contributed by atoms with van der Waals surface area (Å²) in [6, 6.07) is 0. The number of fused-ring (bicyclic) bond motifs is 2. The Morgan fingerprint density at radius 2 is 2.14 bits per heavy atom. The van der Waals surface area contributed by atoms with Crippen molar-refractivity contribution in [2.45, 2.75) is 45.1 Å². The fraction of sp³-hybridized carbons (Fsp3) is 0.909. The van der Waals surface area contributed by atoms with Gasteiger partial charge in [0.05, 0.1) is 12.0 Å². The fourth-order valence-corrected chi connectivity index (χ4v) is 3.49. The Kier molecular flexibility index (Phi) is 1.94. The maximum absolute atomic E-state index is 10.7. The molecule has 0 saturated heterocycles. The highest BCUT2D eigenvalue weighted by molar-refractivity contribution is 5.68. The number of hydrogen-bond acceptors (Lipinski definition) is 2. The van der Waals surface area contributed by atoms with Gasteiger partial charge in [-0.2, -0.15) is 0 Å². The van der Waals surface area contributed by atoms with E-state index in [1.54, 1.807) is 0 Å². The molecule has 0 aliphatic heterocycles. The van der Waals surface area contributed by atoms with Crippen molar-refractivity contribution in [1.29, 1.82) is 0 Å². The van der Waals surface area contributed by atoms with Crippen molar-refractivity contribution < 1.29 is 15.0 Å². The van der Waals surface area contributed by atoms with Crippen LogP contribution in [-0.4, -0.2) is 21.8 Å². The summed E-state index contributed by atoms with van der Waals surface area (Å²) >= 11 is 0. The third kappa shape index (κ3) is 1.18. The molecular formula is C11H18O3. The van der Waals surface area contributed by atoms with E-state index >= 15 is 0 Å². The summed E-state index contributed by atoms with van der Waals surface area (Å²) in [6.07, 6.45) is 2.57. The van der Waals surface area contributed by atoms with E-state index < -0.39 is 11.6 Å². The van der Waals surface area contributed by atoms with Crippen LogP contribution in [0, 0.1) is 17.3 Å². The van der Waals surface area contributed by atoms with Crippen molar-refractivity contribution in [3.05, 3.63) is 0 Å². The SMILES string of the molecule is CC1(C)[C@H]2CC[C@](O)(CC(=O)O)[C@@H]1C2. The summed E-state index contributed by atoms with van der Waals surface area (Å²) in [7, 11) is 0. The number of hydrogen-bond donors (Lipinski definition) is 2. The molecule has 0 amide bonds. The van der Waals surface area contributed by atoms with Gasteiger partial charge < -0.3 is 10.2 Å². The van der Waals surface area contributed by atoms with Crippen LogP contribution in [0.4, 0.5) is 0 Å². The Bertz CT molecular complexity index is 270. The molecule has 2 bridgehead atoms. The quantitative estimate of drug-likeness (QED) is 0.709. The molecule has 3 aliphatic rings. The molecular weight excluding hydrogens is 180 g/mol. The summed E-state index contributed by atoms with van der Waals surface area (Å²) in [5.41, 5.74) is -0.799. The topological polar surface area (TPSA) is 57.5 Å². The minimum atomic E-state index is -0.940.